The van der Waals surface area contributed by atoms with Crippen LogP contribution in [-0.4, -0.2) is 24.2 Å². The van der Waals surface area contributed by atoms with Gasteiger partial charge in [-0.15, -0.1) is 0 Å². The molecule has 18 heavy (non-hydrogen) atoms. The highest BCUT2D eigenvalue weighted by molar-refractivity contribution is 5.81. The molecule has 3 nitrogen and oxygen atoms in total. The molecular formula is C15H29NO2. The van der Waals surface area contributed by atoms with Crippen molar-refractivity contribution in [1.82, 2.24) is 5.32 Å². The summed E-state index contributed by atoms with van der Waals surface area (Å²) in [5, 5.41) is 3.02. The SMILES string of the molecule is CC(C)(C)CC(OCC1CC1)C(=O)NC(C)(C)C. The molecule has 0 spiro atoms. The summed E-state index contributed by atoms with van der Waals surface area (Å²) in [5.41, 5.74) is -0.0976. The number of carbonyl (C=O) groups is 1. The molecule has 1 aliphatic carbocycles. The Kier molecular flexibility index (Phi) is 4.82. The second-order valence-electron chi connectivity index (χ2n) is 7.77. The van der Waals surface area contributed by atoms with E-state index >= 15 is 0 Å². The number of amides is 1. The van der Waals surface area contributed by atoms with Crippen LogP contribution in [0.3, 0.4) is 0 Å². The summed E-state index contributed by atoms with van der Waals surface area (Å²) >= 11 is 0. The molecule has 1 fully saturated rings. The molecule has 0 aromatic carbocycles. The zero-order valence-electron chi connectivity index (χ0n) is 12.8. The van der Waals surface area contributed by atoms with Gasteiger partial charge in [0, 0.05) is 5.54 Å². The molecular weight excluding hydrogens is 226 g/mol. The van der Waals surface area contributed by atoms with E-state index in [1.807, 2.05) is 20.8 Å². The third kappa shape index (κ3) is 7.00. The van der Waals surface area contributed by atoms with Crippen LogP contribution in [0.4, 0.5) is 0 Å². The largest absolute Gasteiger partial charge is 0.368 e. The van der Waals surface area contributed by atoms with Gasteiger partial charge in [-0.2, -0.15) is 0 Å². The van der Waals surface area contributed by atoms with Crippen molar-refractivity contribution in [2.75, 3.05) is 6.61 Å². The highest BCUT2D eigenvalue weighted by Gasteiger charge is 2.30. The zero-order valence-corrected chi connectivity index (χ0v) is 12.8. The third-order valence-corrected chi connectivity index (χ3v) is 2.82. The maximum absolute atomic E-state index is 12.2. The molecule has 0 aliphatic heterocycles. The minimum atomic E-state index is -0.315. The number of carbonyl (C=O) groups excluding carboxylic acids is 1. The lowest BCUT2D eigenvalue weighted by Crippen LogP contribution is -2.47. The molecule has 0 bridgehead atoms. The molecule has 0 heterocycles. The Morgan fingerprint density at radius 2 is 1.78 bits per heavy atom. The minimum Gasteiger partial charge on any atom is -0.368 e. The fourth-order valence-corrected chi connectivity index (χ4v) is 1.77. The summed E-state index contributed by atoms with van der Waals surface area (Å²) in [7, 11) is 0. The predicted octanol–water partition coefficient (Wildman–Crippen LogP) is 3.13. The minimum absolute atomic E-state index is 0.0260. The van der Waals surface area contributed by atoms with Gasteiger partial charge in [-0.3, -0.25) is 4.79 Å². The van der Waals surface area contributed by atoms with Crippen LogP contribution >= 0.6 is 0 Å². The van der Waals surface area contributed by atoms with E-state index < -0.39 is 0 Å². The van der Waals surface area contributed by atoms with E-state index in [1.165, 1.54) is 12.8 Å². The Balaban J connectivity index is 2.53. The second kappa shape index (κ2) is 5.60. The molecule has 0 aromatic rings. The molecule has 3 heteroatoms. The number of nitrogens with one attached hydrogen (secondary N) is 1. The summed E-state index contributed by atoms with van der Waals surface area (Å²) in [6, 6.07) is 0. The van der Waals surface area contributed by atoms with Gasteiger partial charge in [0.1, 0.15) is 6.10 Å². The zero-order chi connectivity index (χ0) is 14.0. The van der Waals surface area contributed by atoms with E-state index in [0.717, 1.165) is 13.0 Å². The average Bonchev–Trinajstić information content (AvgIpc) is 2.90. The van der Waals surface area contributed by atoms with E-state index in [4.69, 9.17) is 4.74 Å². The second-order valence-corrected chi connectivity index (χ2v) is 7.77. The van der Waals surface area contributed by atoms with E-state index in [1.54, 1.807) is 0 Å². The molecule has 1 N–H and O–H groups in total. The topological polar surface area (TPSA) is 38.3 Å². The van der Waals surface area contributed by atoms with Crippen LogP contribution in [0.15, 0.2) is 0 Å². The third-order valence-electron chi connectivity index (χ3n) is 2.82. The van der Waals surface area contributed by atoms with E-state index in [0.29, 0.717) is 5.92 Å². The van der Waals surface area contributed by atoms with Crippen molar-refractivity contribution >= 4 is 5.91 Å². The van der Waals surface area contributed by atoms with Gasteiger partial charge in [0.2, 0.25) is 5.91 Å². The van der Waals surface area contributed by atoms with Crippen LogP contribution in [0.2, 0.25) is 0 Å². The smallest absolute Gasteiger partial charge is 0.249 e. The summed E-state index contributed by atoms with van der Waals surface area (Å²) in [5.74, 6) is 0.716. The molecule has 1 unspecified atom stereocenters. The van der Waals surface area contributed by atoms with Crippen molar-refractivity contribution < 1.29 is 9.53 Å². The van der Waals surface area contributed by atoms with Crippen molar-refractivity contribution in [3.63, 3.8) is 0 Å². The van der Waals surface area contributed by atoms with E-state index in [2.05, 4.69) is 26.1 Å². The summed E-state index contributed by atoms with van der Waals surface area (Å²) in [6.07, 6.45) is 2.96. The molecule has 1 rings (SSSR count). The quantitative estimate of drug-likeness (QED) is 0.819. The molecule has 106 valence electrons. The summed E-state index contributed by atoms with van der Waals surface area (Å²) in [6.45, 7) is 13.2. The molecule has 1 amide bonds. The Labute approximate surface area is 112 Å². The lowest BCUT2D eigenvalue weighted by atomic mass is 9.88. The first kappa shape index (κ1) is 15.5. The van der Waals surface area contributed by atoms with Crippen LogP contribution in [-0.2, 0) is 9.53 Å². The van der Waals surface area contributed by atoms with Gasteiger partial charge in [0.15, 0.2) is 0 Å². The Bertz CT molecular complexity index is 282. The Hall–Kier alpha value is -0.570. The van der Waals surface area contributed by atoms with Crippen molar-refractivity contribution in [2.45, 2.75) is 72.4 Å². The predicted molar refractivity (Wildman–Crippen MR) is 74.4 cm³/mol. The average molecular weight is 255 g/mol. The first-order valence-electron chi connectivity index (χ1n) is 7.00. The van der Waals surface area contributed by atoms with Gasteiger partial charge < -0.3 is 10.1 Å². The molecule has 0 aromatic heterocycles. The standard InChI is InChI=1S/C15H29NO2/c1-14(2,3)9-12(18-10-11-7-8-11)13(17)16-15(4,5)6/h11-12H,7-10H2,1-6H3,(H,16,17). The van der Waals surface area contributed by atoms with E-state index in [9.17, 15) is 4.79 Å². The number of ether oxygens (including phenoxy) is 1. The van der Waals surface area contributed by atoms with Crippen molar-refractivity contribution in [1.29, 1.82) is 0 Å². The van der Waals surface area contributed by atoms with Crippen LogP contribution in [0.1, 0.15) is 60.8 Å². The molecule has 0 radical (unpaired) electrons. The van der Waals surface area contributed by atoms with E-state index in [-0.39, 0.29) is 23.0 Å². The number of rotatable bonds is 5. The molecule has 0 saturated heterocycles. The lowest BCUT2D eigenvalue weighted by molar-refractivity contribution is -0.136. The maximum atomic E-state index is 12.2. The summed E-state index contributed by atoms with van der Waals surface area (Å²) < 4.78 is 5.84. The van der Waals surface area contributed by atoms with Gasteiger partial charge in [0.05, 0.1) is 6.61 Å². The molecule has 1 saturated carbocycles. The molecule has 1 atom stereocenters. The number of hydrogen-bond donors (Lipinski definition) is 1. The van der Waals surface area contributed by atoms with Crippen molar-refractivity contribution in [3.8, 4) is 0 Å². The van der Waals surface area contributed by atoms with Crippen LogP contribution in [0.5, 0.6) is 0 Å². The van der Waals surface area contributed by atoms with Crippen LogP contribution in [0, 0.1) is 11.3 Å². The fraction of sp³-hybridized carbons (Fsp3) is 0.933. The van der Waals surface area contributed by atoms with Crippen LogP contribution < -0.4 is 5.32 Å². The van der Waals surface area contributed by atoms with Crippen LogP contribution in [0.25, 0.3) is 0 Å². The van der Waals surface area contributed by atoms with Crippen molar-refractivity contribution in [3.05, 3.63) is 0 Å². The Morgan fingerprint density at radius 3 is 2.17 bits per heavy atom. The first-order valence-corrected chi connectivity index (χ1v) is 7.00. The maximum Gasteiger partial charge on any atom is 0.249 e. The Morgan fingerprint density at radius 1 is 1.22 bits per heavy atom. The fourth-order valence-electron chi connectivity index (χ4n) is 1.77. The highest BCUT2D eigenvalue weighted by atomic mass is 16.5. The van der Waals surface area contributed by atoms with Gasteiger partial charge >= 0.3 is 0 Å². The normalized spacial score (nSPS) is 18.6. The lowest BCUT2D eigenvalue weighted by Gasteiger charge is -2.29. The van der Waals surface area contributed by atoms with Gasteiger partial charge in [-0.25, -0.2) is 0 Å². The monoisotopic (exact) mass is 255 g/mol. The van der Waals surface area contributed by atoms with Gasteiger partial charge in [0.25, 0.3) is 0 Å². The molecule has 1 aliphatic rings. The highest BCUT2D eigenvalue weighted by Crippen LogP contribution is 2.30. The first-order chi connectivity index (χ1) is 8.07. The van der Waals surface area contributed by atoms with Gasteiger partial charge in [-0.1, -0.05) is 20.8 Å². The number of hydrogen-bond acceptors (Lipinski definition) is 2. The summed E-state index contributed by atoms with van der Waals surface area (Å²) in [4.78, 5) is 12.2. The van der Waals surface area contributed by atoms with Crippen molar-refractivity contribution in [2.24, 2.45) is 11.3 Å². The van der Waals surface area contributed by atoms with Gasteiger partial charge in [-0.05, 0) is 51.4 Å².